The molecule has 0 saturated heterocycles. The molecule has 16 heavy (non-hydrogen) atoms. The molecule has 1 aliphatic rings. The minimum Gasteiger partial charge on any atom is -0.476 e. The lowest BCUT2D eigenvalue weighted by molar-refractivity contribution is -0.134. The largest absolute Gasteiger partial charge is 0.476 e. The number of carboxylic acid groups (broad SMARTS) is 1. The predicted molar refractivity (Wildman–Crippen MR) is 59.8 cm³/mol. The third kappa shape index (κ3) is 2.25. The van der Waals surface area contributed by atoms with Gasteiger partial charge in [-0.15, -0.1) is 0 Å². The zero-order valence-electron chi connectivity index (χ0n) is 8.41. The smallest absolute Gasteiger partial charge is 0.365 e. The summed E-state index contributed by atoms with van der Waals surface area (Å²) in [7, 11) is 0. The van der Waals surface area contributed by atoms with Crippen molar-refractivity contribution in [3.63, 3.8) is 0 Å². The normalized spacial score (nSPS) is 16.9. The van der Waals surface area contributed by atoms with E-state index in [1.54, 1.807) is 24.3 Å². The Labute approximate surface area is 97.4 Å². The van der Waals surface area contributed by atoms with Gasteiger partial charge in [-0.05, 0) is 36.5 Å². The van der Waals surface area contributed by atoms with E-state index < -0.39 is 11.8 Å². The molecule has 0 aromatic heterocycles. The van der Waals surface area contributed by atoms with Gasteiger partial charge in [0.1, 0.15) is 0 Å². The van der Waals surface area contributed by atoms with Crippen molar-refractivity contribution in [3.8, 4) is 0 Å². The number of rotatable bonds is 3. The first kappa shape index (κ1) is 11.1. The highest BCUT2D eigenvalue weighted by atomic mass is 35.5. The second-order valence-corrected chi connectivity index (χ2v) is 4.25. The van der Waals surface area contributed by atoms with Crippen LogP contribution in [-0.4, -0.2) is 11.1 Å². The molecule has 84 valence electrons. The molecule has 1 N–H and O–H groups in total. The topological polar surface area (TPSA) is 37.3 Å². The van der Waals surface area contributed by atoms with Crippen LogP contribution in [0.1, 0.15) is 18.4 Å². The summed E-state index contributed by atoms with van der Waals surface area (Å²) in [5.41, 5.74) is 0.899. The van der Waals surface area contributed by atoms with Crippen molar-refractivity contribution in [3.05, 3.63) is 40.7 Å². The quantitative estimate of drug-likeness (QED) is 0.821. The van der Waals surface area contributed by atoms with Crippen LogP contribution < -0.4 is 0 Å². The lowest BCUT2D eigenvalue weighted by atomic mass is 10.0. The molecule has 2 rings (SSSR count). The van der Waals surface area contributed by atoms with Crippen LogP contribution in [0.3, 0.4) is 0 Å². The Morgan fingerprint density at radius 3 is 2.31 bits per heavy atom. The second-order valence-electron chi connectivity index (χ2n) is 3.81. The molecule has 1 saturated carbocycles. The fourth-order valence-corrected chi connectivity index (χ4v) is 1.78. The monoisotopic (exact) mass is 240 g/mol. The molecule has 1 aromatic carbocycles. The van der Waals surface area contributed by atoms with E-state index in [4.69, 9.17) is 16.7 Å². The van der Waals surface area contributed by atoms with E-state index in [-0.39, 0.29) is 5.92 Å². The summed E-state index contributed by atoms with van der Waals surface area (Å²) < 4.78 is 13.5. The fraction of sp³-hybridized carbons (Fsp3) is 0.250. The SMILES string of the molecule is O=C(O)/C(F)=C(/c1ccc(Cl)cc1)C1CC1. The van der Waals surface area contributed by atoms with E-state index >= 15 is 0 Å². The van der Waals surface area contributed by atoms with Crippen LogP contribution in [0.5, 0.6) is 0 Å². The van der Waals surface area contributed by atoms with Crippen LogP contribution in [0.15, 0.2) is 30.1 Å². The maximum absolute atomic E-state index is 13.5. The minimum atomic E-state index is -1.50. The Morgan fingerprint density at radius 1 is 1.31 bits per heavy atom. The summed E-state index contributed by atoms with van der Waals surface area (Å²) >= 11 is 5.73. The number of benzene rings is 1. The van der Waals surface area contributed by atoms with Gasteiger partial charge in [0.05, 0.1) is 0 Å². The molecule has 1 fully saturated rings. The van der Waals surface area contributed by atoms with Gasteiger partial charge in [0.2, 0.25) is 5.83 Å². The number of allylic oxidation sites excluding steroid dienone is 1. The predicted octanol–water partition coefficient (Wildman–Crippen LogP) is 3.52. The van der Waals surface area contributed by atoms with Crippen LogP contribution in [-0.2, 0) is 4.79 Å². The van der Waals surface area contributed by atoms with E-state index in [0.29, 0.717) is 16.2 Å². The molecular formula is C12H10ClFO2. The van der Waals surface area contributed by atoms with Gasteiger partial charge in [-0.25, -0.2) is 4.79 Å². The Hall–Kier alpha value is -1.35. The molecule has 0 bridgehead atoms. The van der Waals surface area contributed by atoms with Crippen LogP contribution in [0, 0.1) is 5.92 Å². The maximum Gasteiger partial charge on any atom is 0.365 e. The van der Waals surface area contributed by atoms with Gasteiger partial charge in [-0.1, -0.05) is 23.7 Å². The van der Waals surface area contributed by atoms with E-state index in [9.17, 15) is 9.18 Å². The molecule has 0 aliphatic heterocycles. The zero-order valence-corrected chi connectivity index (χ0v) is 9.17. The summed E-state index contributed by atoms with van der Waals surface area (Å²) in [5.74, 6) is -2.51. The summed E-state index contributed by atoms with van der Waals surface area (Å²) in [5, 5.41) is 9.24. The van der Waals surface area contributed by atoms with E-state index in [1.807, 2.05) is 0 Å². The highest BCUT2D eigenvalue weighted by Crippen LogP contribution is 2.44. The summed E-state index contributed by atoms with van der Waals surface area (Å²) in [4.78, 5) is 10.7. The number of hydrogen-bond acceptors (Lipinski definition) is 1. The third-order valence-electron chi connectivity index (χ3n) is 2.57. The molecule has 0 radical (unpaired) electrons. The number of hydrogen-bond donors (Lipinski definition) is 1. The average molecular weight is 241 g/mol. The third-order valence-corrected chi connectivity index (χ3v) is 2.82. The Morgan fingerprint density at radius 2 is 1.88 bits per heavy atom. The first-order chi connectivity index (χ1) is 7.59. The van der Waals surface area contributed by atoms with Crippen molar-refractivity contribution < 1.29 is 14.3 Å². The van der Waals surface area contributed by atoms with Gasteiger partial charge in [0, 0.05) is 10.6 Å². The molecule has 1 aliphatic carbocycles. The average Bonchev–Trinajstić information content (AvgIpc) is 3.05. The van der Waals surface area contributed by atoms with Crippen molar-refractivity contribution in [1.82, 2.24) is 0 Å². The Bertz CT molecular complexity index is 447. The number of carboxylic acids is 1. The molecular weight excluding hydrogens is 231 g/mol. The molecule has 0 amide bonds. The van der Waals surface area contributed by atoms with E-state index in [1.165, 1.54) is 0 Å². The van der Waals surface area contributed by atoms with Gasteiger partial charge in [0.15, 0.2) is 0 Å². The van der Waals surface area contributed by atoms with Crippen molar-refractivity contribution in [2.24, 2.45) is 5.92 Å². The molecule has 0 unspecified atom stereocenters. The van der Waals surface area contributed by atoms with Crippen LogP contribution in [0.25, 0.3) is 5.57 Å². The maximum atomic E-state index is 13.5. The Kier molecular flexibility index (Phi) is 2.97. The molecule has 1 aromatic rings. The van der Waals surface area contributed by atoms with Gasteiger partial charge in [0.25, 0.3) is 0 Å². The van der Waals surface area contributed by atoms with Crippen molar-refractivity contribution in [2.75, 3.05) is 0 Å². The minimum absolute atomic E-state index is 0.0391. The Balaban J connectivity index is 2.44. The zero-order chi connectivity index (χ0) is 11.7. The first-order valence-electron chi connectivity index (χ1n) is 4.98. The van der Waals surface area contributed by atoms with Gasteiger partial charge < -0.3 is 5.11 Å². The van der Waals surface area contributed by atoms with Gasteiger partial charge >= 0.3 is 5.97 Å². The summed E-state index contributed by atoms with van der Waals surface area (Å²) in [6.07, 6.45) is 1.69. The van der Waals surface area contributed by atoms with E-state index in [0.717, 1.165) is 12.8 Å². The molecule has 0 spiro atoms. The molecule has 4 heteroatoms. The highest BCUT2D eigenvalue weighted by Gasteiger charge is 2.32. The summed E-state index contributed by atoms with van der Waals surface area (Å²) in [6.45, 7) is 0. The lowest BCUT2D eigenvalue weighted by Crippen LogP contribution is -2.01. The highest BCUT2D eigenvalue weighted by molar-refractivity contribution is 6.30. The number of halogens is 2. The van der Waals surface area contributed by atoms with Gasteiger partial charge in [-0.2, -0.15) is 4.39 Å². The number of aliphatic carboxylic acids is 1. The van der Waals surface area contributed by atoms with Crippen LogP contribution >= 0.6 is 11.6 Å². The number of carbonyl (C=O) groups is 1. The summed E-state index contributed by atoms with van der Waals surface area (Å²) in [6, 6.07) is 6.57. The lowest BCUT2D eigenvalue weighted by Gasteiger charge is -2.06. The molecule has 0 atom stereocenters. The van der Waals surface area contributed by atoms with Gasteiger partial charge in [-0.3, -0.25) is 0 Å². The van der Waals surface area contributed by atoms with Crippen molar-refractivity contribution in [1.29, 1.82) is 0 Å². The van der Waals surface area contributed by atoms with Crippen LogP contribution in [0.4, 0.5) is 4.39 Å². The standard InChI is InChI=1S/C12H10ClFO2/c13-9-5-3-8(4-6-9)10(7-1-2-7)11(14)12(15)16/h3-7H,1-2H2,(H,15,16)/b11-10-. The first-order valence-corrected chi connectivity index (χ1v) is 5.36. The molecule has 2 nitrogen and oxygen atoms in total. The van der Waals surface area contributed by atoms with Crippen molar-refractivity contribution in [2.45, 2.75) is 12.8 Å². The van der Waals surface area contributed by atoms with Crippen LogP contribution in [0.2, 0.25) is 5.02 Å². The second kappa shape index (κ2) is 4.26. The fourth-order valence-electron chi connectivity index (χ4n) is 1.66. The van der Waals surface area contributed by atoms with Crippen molar-refractivity contribution >= 4 is 23.1 Å². The van der Waals surface area contributed by atoms with E-state index in [2.05, 4.69) is 0 Å². The molecule has 0 heterocycles.